The first-order chi connectivity index (χ1) is 8.56. The van der Waals surface area contributed by atoms with E-state index in [0.29, 0.717) is 6.42 Å². The number of carbonyl (C=O) groups is 2. The molecule has 0 unspecified atom stereocenters. The van der Waals surface area contributed by atoms with Crippen LogP contribution in [0.4, 0.5) is 5.69 Å². The van der Waals surface area contributed by atoms with E-state index in [0.717, 1.165) is 22.6 Å². The van der Waals surface area contributed by atoms with Crippen molar-refractivity contribution in [2.75, 3.05) is 10.7 Å². The lowest BCUT2D eigenvalue weighted by Gasteiger charge is -2.18. The van der Waals surface area contributed by atoms with E-state index in [4.69, 9.17) is 0 Å². The summed E-state index contributed by atoms with van der Waals surface area (Å²) >= 11 is 1.55. The molecule has 0 aromatic heterocycles. The molecule has 2 amide bonds. The van der Waals surface area contributed by atoms with Gasteiger partial charge in [0, 0.05) is 6.42 Å². The molecule has 0 N–H and O–H groups in total. The summed E-state index contributed by atoms with van der Waals surface area (Å²) in [5, 5.41) is -0.206. The maximum atomic E-state index is 12.3. The van der Waals surface area contributed by atoms with Gasteiger partial charge in [0.1, 0.15) is 0 Å². The third-order valence-corrected chi connectivity index (χ3v) is 4.39. The van der Waals surface area contributed by atoms with E-state index in [2.05, 4.69) is 0 Å². The Hall–Kier alpha value is -1.29. The number of thioether (sulfide) groups is 1. The van der Waals surface area contributed by atoms with Gasteiger partial charge in [-0.05, 0) is 36.8 Å². The molecule has 3 nitrogen and oxygen atoms in total. The van der Waals surface area contributed by atoms with Crippen molar-refractivity contribution in [3.05, 3.63) is 29.3 Å². The Morgan fingerprint density at radius 2 is 2.06 bits per heavy atom. The van der Waals surface area contributed by atoms with E-state index < -0.39 is 0 Å². The highest BCUT2D eigenvalue weighted by Crippen LogP contribution is 2.32. The second-order valence-corrected chi connectivity index (χ2v) is 5.91. The summed E-state index contributed by atoms with van der Waals surface area (Å²) in [6.07, 6.45) is 0.324. The summed E-state index contributed by atoms with van der Waals surface area (Å²) in [4.78, 5) is 25.6. The van der Waals surface area contributed by atoms with Gasteiger partial charge in [0.25, 0.3) is 0 Å². The molecular formula is C14H17NO2S. The molecule has 96 valence electrons. The molecule has 1 saturated heterocycles. The van der Waals surface area contributed by atoms with Crippen LogP contribution in [-0.4, -0.2) is 22.8 Å². The van der Waals surface area contributed by atoms with Crippen LogP contribution in [-0.2, 0) is 9.59 Å². The lowest BCUT2D eigenvalue weighted by molar-refractivity contribution is -0.121. The van der Waals surface area contributed by atoms with Gasteiger partial charge >= 0.3 is 0 Å². The zero-order chi connectivity index (χ0) is 13.3. The standard InChI is InChI=1S/C14H17NO2S/c1-4-18-12-8-13(16)15(14(12)17)11-7-5-6-9(2)10(11)3/h5-7,12H,4,8H2,1-3H3/t12-/m1/s1. The van der Waals surface area contributed by atoms with Crippen molar-refractivity contribution in [2.24, 2.45) is 0 Å². The van der Waals surface area contributed by atoms with Gasteiger partial charge in [0.2, 0.25) is 11.8 Å². The summed E-state index contributed by atoms with van der Waals surface area (Å²) in [6, 6.07) is 5.72. The maximum absolute atomic E-state index is 12.3. The molecule has 0 bridgehead atoms. The first kappa shape index (κ1) is 13.1. The van der Waals surface area contributed by atoms with Crippen LogP contribution in [0.2, 0.25) is 0 Å². The van der Waals surface area contributed by atoms with Crippen LogP contribution in [0, 0.1) is 13.8 Å². The van der Waals surface area contributed by atoms with Gasteiger partial charge in [-0.2, -0.15) is 0 Å². The summed E-state index contributed by atoms with van der Waals surface area (Å²) in [6.45, 7) is 5.94. The van der Waals surface area contributed by atoms with Crippen molar-refractivity contribution in [3.63, 3.8) is 0 Å². The molecule has 1 atom stereocenters. The van der Waals surface area contributed by atoms with Crippen molar-refractivity contribution in [1.82, 2.24) is 0 Å². The number of carbonyl (C=O) groups excluding carboxylic acids is 2. The van der Waals surface area contributed by atoms with Crippen LogP contribution in [0.3, 0.4) is 0 Å². The van der Waals surface area contributed by atoms with Crippen LogP contribution in [0.1, 0.15) is 24.5 Å². The number of hydrogen-bond donors (Lipinski definition) is 0. The van der Waals surface area contributed by atoms with Gasteiger partial charge in [-0.15, -0.1) is 11.8 Å². The lowest BCUT2D eigenvalue weighted by Crippen LogP contribution is -2.31. The normalized spacial score (nSPS) is 19.7. The van der Waals surface area contributed by atoms with E-state index in [9.17, 15) is 9.59 Å². The Labute approximate surface area is 112 Å². The monoisotopic (exact) mass is 263 g/mol. The Balaban J connectivity index is 2.36. The fourth-order valence-electron chi connectivity index (χ4n) is 2.17. The second kappa shape index (κ2) is 5.14. The quantitative estimate of drug-likeness (QED) is 0.787. The van der Waals surface area contributed by atoms with Crippen molar-refractivity contribution < 1.29 is 9.59 Å². The minimum absolute atomic E-state index is 0.0689. The fourth-order valence-corrected chi connectivity index (χ4v) is 3.08. The van der Waals surface area contributed by atoms with Gasteiger partial charge in [0.05, 0.1) is 10.9 Å². The van der Waals surface area contributed by atoms with Crippen molar-refractivity contribution in [2.45, 2.75) is 32.4 Å². The molecule has 1 aromatic carbocycles. The molecule has 2 rings (SSSR count). The van der Waals surface area contributed by atoms with E-state index in [-0.39, 0.29) is 17.1 Å². The van der Waals surface area contributed by atoms with E-state index >= 15 is 0 Å². The number of benzene rings is 1. The summed E-state index contributed by atoms with van der Waals surface area (Å²) in [7, 11) is 0. The average molecular weight is 263 g/mol. The van der Waals surface area contributed by atoms with Crippen LogP contribution in [0.5, 0.6) is 0 Å². The molecule has 1 heterocycles. The fraction of sp³-hybridized carbons (Fsp3) is 0.429. The smallest absolute Gasteiger partial charge is 0.247 e. The third kappa shape index (κ3) is 2.17. The molecule has 0 aliphatic carbocycles. The first-order valence-corrected chi connectivity index (χ1v) is 7.15. The molecule has 1 fully saturated rings. The van der Waals surface area contributed by atoms with Crippen LogP contribution >= 0.6 is 11.8 Å². The lowest BCUT2D eigenvalue weighted by atomic mass is 10.1. The average Bonchev–Trinajstić information content (AvgIpc) is 2.60. The molecule has 1 aliphatic rings. The van der Waals surface area contributed by atoms with Gasteiger partial charge in [-0.25, -0.2) is 4.90 Å². The molecule has 4 heteroatoms. The molecule has 0 saturated carbocycles. The summed E-state index contributed by atoms with van der Waals surface area (Å²) < 4.78 is 0. The molecule has 1 aliphatic heterocycles. The Morgan fingerprint density at radius 3 is 2.72 bits per heavy atom. The van der Waals surface area contributed by atoms with Gasteiger partial charge in [-0.3, -0.25) is 9.59 Å². The van der Waals surface area contributed by atoms with Gasteiger partial charge in [-0.1, -0.05) is 19.1 Å². The molecule has 0 spiro atoms. The van der Waals surface area contributed by atoms with E-state index in [1.807, 2.05) is 39.0 Å². The minimum Gasteiger partial charge on any atom is -0.274 e. The largest absolute Gasteiger partial charge is 0.274 e. The summed E-state index contributed by atoms with van der Waals surface area (Å²) in [5.74, 6) is 0.699. The maximum Gasteiger partial charge on any atom is 0.247 e. The number of hydrogen-bond acceptors (Lipinski definition) is 3. The molecule has 0 radical (unpaired) electrons. The minimum atomic E-state index is -0.206. The van der Waals surface area contributed by atoms with Gasteiger partial charge < -0.3 is 0 Å². The zero-order valence-electron chi connectivity index (χ0n) is 10.9. The third-order valence-electron chi connectivity index (χ3n) is 3.29. The predicted octanol–water partition coefficient (Wildman–Crippen LogP) is 2.69. The Kier molecular flexibility index (Phi) is 3.76. The Morgan fingerprint density at radius 1 is 1.33 bits per heavy atom. The van der Waals surface area contributed by atoms with Crippen LogP contribution in [0.15, 0.2) is 18.2 Å². The highest BCUT2D eigenvalue weighted by molar-refractivity contribution is 8.00. The number of aryl methyl sites for hydroxylation is 1. The van der Waals surface area contributed by atoms with Crippen molar-refractivity contribution in [1.29, 1.82) is 0 Å². The van der Waals surface area contributed by atoms with E-state index in [1.54, 1.807) is 11.8 Å². The van der Waals surface area contributed by atoms with Crippen LogP contribution in [0.25, 0.3) is 0 Å². The topological polar surface area (TPSA) is 37.4 Å². The molecule has 1 aromatic rings. The Bertz CT molecular complexity index is 499. The molecular weight excluding hydrogens is 246 g/mol. The molecule has 18 heavy (non-hydrogen) atoms. The van der Waals surface area contributed by atoms with Crippen molar-refractivity contribution in [3.8, 4) is 0 Å². The number of anilines is 1. The first-order valence-electron chi connectivity index (χ1n) is 6.11. The van der Waals surface area contributed by atoms with Gasteiger partial charge in [0.15, 0.2) is 0 Å². The number of nitrogens with zero attached hydrogens (tertiary/aromatic N) is 1. The second-order valence-electron chi connectivity index (χ2n) is 4.43. The predicted molar refractivity (Wildman–Crippen MR) is 74.9 cm³/mol. The zero-order valence-corrected chi connectivity index (χ0v) is 11.7. The summed E-state index contributed by atoms with van der Waals surface area (Å²) in [5.41, 5.74) is 2.84. The van der Waals surface area contributed by atoms with Crippen molar-refractivity contribution >= 4 is 29.3 Å². The highest BCUT2D eigenvalue weighted by Gasteiger charge is 2.39. The highest BCUT2D eigenvalue weighted by atomic mass is 32.2. The number of imide groups is 1. The number of rotatable bonds is 3. The van der Waals surface area contributed by atoms with E-state index in [1.165, 1.54) is 4.90 Å². The number of amides is 2. The SMILES string of the molecule is CCS[C@@H]1CC(=O)N(c2cccc(C)c2C)C1=O. The van der Waals surface area contributed by atoms with Crippen LogP contribution < -0.4 is 4.90 Å².